The summed E-state index contributed by atoms with van der Waals surface area (Å²) < 4.78 is 10.1. The standard InChI is InChI=1S/C13H10BrNO4/c1-18-12(16)9-6-11(13(17)19-2)15-10-5-7(14)3-4-8(9)10/h3-6H,1-2H3. The maximum Gasteiger partial charge on any atom is 0.356 e. The molecule has 0 fully saturated rings. The van der Waals surface area contributed by atoms with E-state index in [0.29, 0.717) is 10.9 Å². The number of carbonyl (C=O) groups excluding carboxylic acids is 2. The summed E-state index contributed by atoms with van der Waals surface area (Å²) in [4.78, 5) is 27.5. The number of esters is 2. The summed E-state index contributed by atoms with van der Waals surface area (Å²) in [6.07, 6.45) is 0. The summed E-state index contributed by atoms with van der Waals surface area (Å²) in [5.74, 6) is -1.13. The quantitative estimate of drug-likeness (QED) is 0.795. The van der Waals surface area contributed by atoms with Crippen LogP contribution in [0.5, 0.6) is 0 Å². The fourth-order valence-corrected chi connectivity index (χ4v) is 2.04. The molecule has 1 aromatic heterocycles. The largest absolute Gasteiger partial charge is 0.465 e. The van der Waals surface area contributed by atoms with E-state index in [2.05, 4.69) is 25.7 Å². The van der Waals surface area contributed by atoms with Gasteiger partial charge in [0.15, 0.2) is 0 Å². The van der Waals surface area contributed by atoms with Gasteiger partial charge in [0.25, 0.3) is 0 Å². The Bertz CT molecular complexity index is 669. The molecule has 5 nitrogen and oxygen atoms in total. The molecule has 0 bridgehead atoms. The molecule has 0 aliphatic heterocycles. The molecule has 0 unspecified atom stereocenters. The highest BCUT2D eigenvalue weighted by atomic mass is 79.9. The van der Waals surface area contributed by atoms with E-state index in [4.69, 9.17) is 4.74 Å². The van der Waals surface area contributed by atoms with Crippen molar-refractivity contribution in [2.24, 2.45) is 0 Å². The van der Waals surface area contributed by atoms with Crippen LogP contribution >= 0.6 is 15.9 Å². The normalized spacial score (nSPS) is 10.3. The first-order valence-corrected chi connectivity index (χ1v) is 6.13. The van der Waals surface area contributed by atoms with Gasteiger partial charge in [0.2, 0.25) is 0 Å². The Hall–Kier alpha value is -1.95. The molecule has 0 spiro atoms. The van der Waals surface area contributed by atoms with E-state index in [0.717, 1.165) is 4.47 Å². The van der Waals surface area contributed by atoms with Crippen LogP contribution in [0.15, 0.2) is 28.7 Å². The molecule has 0 N–H and O–H groups in total. The minimum absolute atomic E-state index is 0.0634. The number of halogens is 1. The van der Waals surface area contributed by atoms with Crippen LogP contribution in [0, 0.1) is 0 Å². The zero-order valence-corrected chi connectivity index (χ0v) is 11.9. The van der Waals surface area contributed by atoms with Gasteiger partial charge < -0.3 is 9.47 Å². The second kappa shape index (κ2) is 5.36. The van der Waals surface area contributed by atoms with Crippen molar-refractivity contribution in [3.63, 3.8) is 0 Å². The van der Waals surface area contributed by atoms with E-state index in [1.165, 1.54) is 20.3 Å². The smallest absolute Gasteiger partial charge is 0.356 e. The fraction of sp³-hybridized carbons (Fsp3) is 0.154. The van der Waals surface area contributed by atoms with E-state index in [1.54, 1.807) is 18.2 Å². The van der Waals surface area contributed by atoms with Gasteiger partial charge in [-0.2, -0.15) is 0 Å². The van der Waals surface area contributed by atoms with E-state index in [9.17, 15) is 9.59 Å². The minimum atomic E-state index is -0.605. The van der Waals surface area contributed by atoms with Crippen LogP contribution in [0.4, 0.5) is 0 Å². The Morgan fingerprint density at radius 3 is 2.42 bits per heavy atom. The van der Waals surface area contributed by atoms with Crippen LogP contribution in [0.2, 0.25) is 0 Å². The zero-order chi connectivity index (χ0) is 14.0. The zero-order valence-electron chi connectivity index (χ0n) is 10.3. The number of methoxy groups -OCH3 is 2. The van der Waals surface area contributed by atoms with Crippen LogP contribution in [0.1, 0.15) is 20.8 Å². The second-order valence-corrected chi connectivity index (χ2v) is 4.62. The lowest BCUT2D eigenvalue weighted by atomic mass is 10.1. The molecule has 2 aromatic rings. The van der Waals surface area contributed by atoms with Gasteiger partial charge in [0.05, 0.1) is 25.3 Å². The van der Waals surface area contributed by atoms with Crippen LogP contribution < -0.4 is 0 Å². The number of ether oxygens (including phenoxy) is 2. The molecule has 2 rings (SSSR count). The highest BCUT2D eigenvalue weighted by Gasteiger charge is 2.17. The van der Waals surface area contributed by atoms with Crippen LogP contribution in [-0.2, 0) is 9.47 Å². The molecule has 0 aliphatic rings. The number of carbonyl (C=O) groups is 2. The monoisotopic (exact) mass is 323 g/mol. The van der Waals surface area contributed by atoms with Crippen molar-refractivity contribution in [1.29, 1.82) is 0 Å². The van der Waals surface area contributed by atoms with Crippen molar-refractivity contribution in [1.82, 2.24) is 4.98 Å². The van der Waals surface area contributed by atoms with Gasteiger partial charge in [-0.1, -0.05) is 22.0 Å². The van der Waals surface area contributed by atoms with E-state index in [-0.39, 0.29) is 11.3 Å². The lowest BCUT2D eigenvalue weighted by Crippen LogP contribution is -2.09. The predicted octanol–water partition coefficient (Wildman–Crippen LogP) is 2.57. The van der Waals surface area contributed by atoms with Crippen LogP contribution in [0.25, 0.3) is 10.9 Å². The van der Waals surface area contributed by atoms with E-state index in [1.807, 2.05) is 0 Å². The third kappa shape index (κ3) is 2.58. The van der Waals surface area contributed by atoms with Gasteiger partial charge in [-0.05, 0) is 18.2 Å². The van der Waals surface area contributed by atoms with Gasteiger partial charge >= 0.3 is 11.9 Å². The molecule has 0 radical (unpaired) electrons. The Morgan fingerprint density at radius 2 is 1.79 bits per heavy atom. The van der Waals surface area contributed by atoms with Gasteiger partial charge in [-0.3, -0.25) is 0 Å². The number of hydrogen-bond acceptors (Lipinski definition) is 5. The average Bonchev–Trinajstić information content (AvgIpc) is 2.43. The molecule has 98 valence electrons. The van der Waals surface area contributed by atoms with Crippen LogP contribution in [0.3, 0.4) is 0 Å². The number of benzene rings is 1. The van der Waals surface area contributed by atoms with Crippen molar-refractivity contribution in [3.8, 4) is 0 Å². The average molecular weight is 324 g/mol. The highest BCUT2D eigenvalue weighted by molar-refractivity contribution is 9.10. The number of hydrogen-bond donors (Lipinski definition) is 0. The number of aromatic nitrogens is 1. The molecule has 19 heavy (non-hydrogen) atoms. The topological polar surface area (TPSA) is 65.5 Å². The van der Waals surface area contributed by atoms with E-state index < -0.39 is 11.9 Å². The van der Waals surface area contributed by atoms with E-state index >= 15 is 0 Å². The molecule has 6 heteroatoms. The molecule has 1 heterocycles. The van der Waals surface area contributed by atoms with Crippen LogP contribution in [-0.4, -0.2) is 31.1 Å². The lowest BCUT2D eigenvalue weighted by Gasteiger charge is -2.07. The predicted molar refractivity (Wildman–Crippen MR) is 72.1 cm³/mol. The summed E-state index contributed by atoms with van der Waals surface area (Å²) in [5.41, 5.74) is 0.853. The third-order valence-corrected chi connectivity index (χ3v) is 3.07. The summed E-state index contributed by atoms with van der Waals surface area (Å²) in [7, 11) is 2.54. The van der Waals surface area contributed by atoms with Gasteiger partial charge in [-0.15, -0.1) is 0 Å². The van der Waals surface area contributed by atoms with Crippen molar-refractivity contribution in [2.45, 2.75) is 0 Å². The molecule has 0 amide bonds. The molecule has 0 saturated heterocycles. The lowest BCUT2D eigenvalue weighted by molar-refractivity contribution is 0.0594. The summed E-state index contributed by atoms with van der Waals surface area (Å²) in [6, 6.07) is 6.61. The summed E-state index contributed by atoms with van der Waals surface area (Å²) >= 11 is 3.32. The van der Waals surface area contributed by atoms with Gasteiger partial charge in [-0.25, -0.2) is 14.6 Å². The molecule has 0 aliphatic carbocycles. The third-order valence-electron chi connectivity index (χ3n) is 2.57. The summed E-state index contributed by atoms with van der Waals surface area (Å²) in [6.45, 7) is 0. The number of nitrogens with zero attached hydrogens (tertiary/aromatic N) is 1. The highest BCUT2D eigenvalue weighted by Crippen LogP contribution is 2.23. The molecule has 0 saturated carbocycles. The first-order chi connectivity index (χ1) is 9.06. The Labute approximate surface area is 117 Å². The van der Waals surface area contributed by atoms with Crippen molar-refractivity contribution < 1.29 is 19.1 Å². The van der Waals surface area contributed by atoms with Crippen molar-refractivity contribution >= 4 is 38.8 Å². The Morgan fingerprint density at radius 1 is 1.11 bits per heavy atom. The Kier molecular flexibility index (Phi) is 3.80. The van der Waals surface area contributed by atoms with Gasteiger partial charge in [0, 0.05) is 9.86 Å². The minimum Gasteiger partial charge on any atom is -0.465 e. The molecular weight excluding hydrogens is 314 g/mol. The second-order valence-electron chi connectivity index (χ2n) is 3.70. The Balaban J connectivity index is 2.76. The molecule has 1 aromatic carbocycles. The number of rotatable bonds is 2. The maximum atomic E-state index is 11.8. The SMILES string of the molecule is COC(=O)c1cc(C(=O)OC)c2ccc(Br)cc2n1. The summed E-state index contributed by atoms with van der Waals surface area (Å²) in [5, 5.41) is 0.614. The van der Waals surface area contributed by atoms with Crippen molar-refractivity contribution in [3.05, 3.63) is 40.0 Å². The van der Waals surface area contributed by atoms with Crippen molar-refractivity contribution in [2.75, 3.05) is 14.2 Å². The number of fused-ring (bicyclic) bond motifs is 1. The van der Waals surface area contributed by atoms with Gasteiger partial charge in [0.1, 0.15) is 5.69 Å². The fourth-order valence-electron chi connectivity index (χ4n) is 1.69. The maximum absolute atomic E-state index is 11.8. The molecule has 0 atom stereocenters. The first kappa shape index (κ1) is 13.5. The first-order valence-electron chi connectivity index (χ1n) is 5.33. The molecular formula is C13H10BrNO4. The number of pyridine rings is 1.